The zero-order chi connectivity index (χ0) is 23.5. The molecule has 0 aliphatic rings. The Kier molecular flexibility index (Phi) is 8.33. The molecule has 0 aromatic heterocycles. The summed E-state index contributed by atoms with van der Waals surface area (Å²) in [4.78, 5) is 12.7. The summed E-state index contributed by atoms with van der Waals surface area (Å²) < 4.78 is 27.6. The Hall–Kier alpha value is -1.51. The smallest absolute Gasteiger partial charge is 0.243 e. The third-order valence-electron chi connectivity index (χ3n) is 4.32. The molecular formula is C21H15Cl5N2O3S. The lowest BCUT2D eigenvalue weighted by Crippen LogP contribution is -2.37. The third kappa shape index (κ3) is 6.29. The standard InChI is InChI=1S/C21H15Cl5N2O3S/c22-14-2-5-16(6-3-14)32(30,31)28(11-13-1-7-17(24)18(25)9-13)12-21(29)27-20-8-4-15(23)10-19(20)26/h1-10H,11-12H2,(H,27,29). The molecule has 1 N–H and O–H groups in total. The molecule has 0 aliphatic carbocycles. The maximum absolute atomic E-state index is 13.3. The van der Waals surface area contributed by atoms with E-state index in [9.17, 15) is 13.2 Å². The highest BCUT2D eigenvalue weighted by Gasteiger charge is 2.27. The van der Waals surface area contributed by atoms with Gasteiger partial charge in [0.25, 0.3) is 0 Å². The minimum absolute atomic E-state index is 0.0146. The van der Waals surface area contributed by atoms with Crippen molar-refractivity contribution in [1.82, 2.24) is 4.31 Å². The van der Waals surface area contributed by atoms with Crippen LogP contribution in [0.1, 0.15) is 5.56 Å². The van der Waals surface area contributed by atoms with Crippen LogP contribution in [0, 0.1) is 0 Å². The maximum atomic E-state index is 13.3. The molecular weight excluding hydrogens is 538 g/mol. The van der Waals surface area contributed by atoms with Crippen LogP contribution in [-0.2, 0) is 21.4 Å². The number of nitrogens with zero attached hydrogens (tertiary/aromatic N) is 1. The van der Waals surface area contributed by atoms with Crippen molar-refractivity contribution in [2.24, 2.45) is 0 Å². The summed E-state index contributed by atoms with van der Waals surface area (Å²) in [7, 11) is -4.06. The van der Waals surface area contributed by atoms with Gasteiger partial charge in [0.05, 0.1) is 32.2 Å². The Bertz CT molecular complexity index is 1250. The van der Waals surface area contributed by atoms with Crippen molar-refractivity contribution in [3.63, 3.8) is 0 Å². The molecule has 3 rings (SSSR count). The number of hydrogen-bond donors (Lipinski definition) is 1. The Balaban J connectivity index is 1.90. The van der Waals surface area contributed by atoms with Crippen molar-refractivity contribution in [3.8, 4) is 0 Å². The Morgan fingerprint density at radius 3 is 2.06 bits per heavy atom. The molecule has 3 aromatic rings. The minimum Gasteiger partial charge on any atom is -0.324 e. The molecule has 1 amide bonds. The quantitative estimate of drug-likeness (QED) is 0.351. The van der Waals surface area contributed by atoms with Gasteiger partial charge in [-0.3, -0.25) is 4.79 Å². The van der Waals surface area contributed by atoms with Crippen molar-refractivity contribution in [3.05, 3.63) is 91.3 Å². The second kappa shape index (κ2) is 10.6. The third-order valence-corrected chi connectivity index (χ3v) is 7.66. The van der Waals surface area contributed by atoms with E-state index in [0.717, 1.165) is 4.31 Å². The summed E-state index contributed by atoms with van der Waals surface area (Å²) in [5.74, 6) is -0.591. The normalized spacial score (nSPS) is 11.6. The van der Waals surface area contributed by atoms with Gasteiger partial charge in [-0.1, -0.05) is 64.1 Å². The number of carbonyl (C=O) groups excluding carboxylic acids is 1. The summed E-state index contributed by atoms with van der Waals surface area (Å²) in [6, 6.07) is 14.9. The number of halogens is 5. The van der Waals surface area contributed by atoms with Crippen molar-refractivity contribution >= 4 is 79.6 Å². The Morgan fingerprint density at radius 2 is 1.44 bits per heavy atom. The Labute approximate surface area is 210 Å². The number of amides is 1. The van der Waals surface area contributed by atoms with E-state index in [1.165, 1.54) is 36.4 Å². The van der Waals surface area contributed by atoms with Gasteiger partial charge in [0, 0.05) is 16.6 Å². The largest absolute Gasteiger partial charge is 0.324 e. The molecule has 0 saturated carbocycles. The number of benzene rings is 3. The van der Waals surface area contributed by atoms with Crippen molar-refractivity contribution in [2.45, 2.75) is 11.4 Å². The topological polar surface area (TPSA) is 66.5 Å². The van der Waals surface area contributed by atoms with Crippen LogP contribution >= 0.6 is 58.0 Å². The lowest BCUT2D eigenvalue weighted by molar-refractivity contribution is -0.116. The van der Waals surface area contributed by atoms with E-state index in [1.807, 2.05) is 0 Å². The monoisotopic (exact) mass is 550 g/mol. The molecule has 0 aliphatic heterocycles. The Morgan fingerprint density at radius 1 is 0.781 bits per heavy atom. The van der Waals surface area contributed by atoms with Crippen LogP contribution in [0.5, 0.6) is 0 Å². The van der Waals surface area contributed by atoms with Crippen LogP contribution in [0.4, 0.5) is 5.69 Å². The molecule has 0 radical (unpaired) electrons. The van der Waals surface area contributed by atoms with Crippen molar-refractivity contribution in [1.29, 1.82) is 0 Å². The van der Waals surface area contributed by atoms with Crippen molar-refractivity contribution in [2.75, 3.05) is 11.9 Å². The van der Waals surface area contributed by atoms with Crippen LogP contribution < -0.4 is 5.32 Å². The first-order valence-corrected chi connectivity index (χ1v) is 12.3. The molecule has 0 fully saturated rings. The lowest BCUT2D eigenvalue weighted by Gasteiger charge is -2.22. The molecule has 0 saturated heterocycles. The zero-order valence-electron chi connectivity index (χ0n) is 16.2. The molecule has 0 atom stereocenters. The molecule has 0 bridgehead atoms. The fraction of sp³-hybridized carbons (Fsp3) is 0.0952. The van der Waals surface area contributed by atoms with E-state index in [1.54, 1.807) is 24.3 Å². The van der Waals surface area contributed by atoms with Crippen LogP contribution in [-0.4, -0.2) is 25.2 Å². The van der Waals surface area contributed by atoms with Gasteiger partial charge in [0.2, 0.25) is 15.9 Å². The average Bonchev–Trinajstić information content (AvgIpc) is 2.72. The summed E-state index contributed by atoms with van der Waals surface area (Å²) >= 11 is 29.9. The molecule has 0 spiro atoms. The number of sulfonamides is 1. The van der Waals surface area contributed by atoms with Gasteiger partial charge >= 0.3 is 0 Å². The highest BCUT2D eigenvalue weighted by molar-refractivity contribution is 7.89. The molecule has 3 aromatic carbocycles. The van der Waals surface area contributed by atoms with E-state index in [2.05, 4.69) is 5.32 Å². The first-order chi connectivity index (χ1) is 15.1. The van der Waals surface area contributed by atoms with E-state index in [4.69, 9.17) is 58.0 Å². The molecule has 168 valence electrons. The number of anilines is 1. The van der Waals surface area contributed by atoms with Crippen LogP contribution in [0.3, 0.4) is 0 Å². The predicted octanol–water partition coefficient (Wildman–Crippen LogP) is 6.78. The number of hydrogen-bond acceptors (Lipinski definition) is 3. The van der Waals surface area contributed by atoms with E-state index >= 15 is 0 Å². The number of nitrogens with one attached hydrogen (secondary N) is 1. The molecule has 32 heavy (non-hydrogen) atoms. The van der Waals surface area contributed by atoms with E-state index in [0.29, 0.717) is 26.3 Å². The van der Waals surface area contributed by atoms with Gasteiger partial charge in [-0.25, -0.2) is 8.42 Å². The van der Waals surface area contributed by atoms with E-state index in [-0.39, 0.29) is 21.5 Å². The summed E-state index contributed by atoms with van der Waals surface area (Å²) in [6.07, 6.45) is 0. The van der Waals surface area contributed by atoms with Gasteiger partial charge in [-0.05, 0) is 60.2 Å². The minimum atomic E-state index is -4.06. The molecule has 0 unspecified atom stereocenters. The predicted molar refractivity (Wildman–Crippen MR) is 131 cm³/mol. The van der Waals surface area contributed by atoms with Crippen LogP contribution in [0.15, 0.2) is 65.6 Å². The molecule has 11 heteroatoms. The fourth-order valence-corrected chi connectivity index (χ4v) is 5.05. The zero-order valence-corrected chi connectivity index (χ0v) is 20.8. The van der Waals surface area contributed by atoms with Crippen LogP contribution in [0.2, 0.25) is 25.1 Å². The maximum Gasteiger partial charge on any atom is 0.243 e. The second-order valence-electron chi connectivity index (χ2n) is 6.65. The van der Waals surface area contributed by atoms with Gasteiger partial charge in [-0.15, -0.1) is 0 Å². The SMILES string of the molecule is O=C(CN(Cc1ccc(Cl)c(Cl)c1)S(=O)(=O)c1ccc(Cl)cc1)Nc1ccc(Cl)cc1Cl. The van der Waals surface area contributed by atoms with E-state index < -0.39 is 22.5 Å². The van der Waals surface area contributed by atoms with Crippen molar-refractivity contribution < 1.29 is 13.2 Å². The summed E-state index contributed by atoms with van der Waals surface area (Å²) in [6.45, 7) is -0.603. The summed E-state index contributed by atoms with van der Waals surface area (Å²) in [5.41, 5.74) is 0.855. The number of rotatable bonds is 7. The average molecular weight is 553 g/mol. The van der Waals surface area contributed by atoms with Gasteiger partial charge in [0.1, 0.15) is 0 Å². The second-order valence-corrected chi connectivity index (χ2v) is 10.7. The fourth-order valence-electron chi connectivity index (χ4n) is 2.76. The molecule has 5 nitrogen and oxygen atoms in total. The highest BCUT2D eigenvalue weighted by Crippen LogP contribution is 2.27. The van der Waals surface area contributed by atoms with Gasteiger partial charge < -0.3 is 5.32 Å². The first-order valence-electron chi connectivity index (χ1n) is 9.01. The lowest BCUT2D eigenvalue weighted by atomic mass is 10.2. The molecule has 0 heterocycles. The number of carbonyl (C=O) groups is 1. The van der Waals surface area contributed by atoms with Crippen LogP contribution in [0.25, 0.3) is 0 Å². The van der Waals surface area contributed by atoms with Gasteiger partial charge in [0.15, 0.2) is 0 Å². The first kappa shape index (κ1) is 25.1. The summed E-state index contributed by atoms with van der Waals surface area (Å²) in [5, 5.41) is 4.21. The highest BCUT2D eigenvalue weighted by atomic mass is 35.5. The van der Waals surface area contributed by atoms with Gasteiger partial charge in [-0.2, -0.15) is 4.31 Å².